The topological polar surface area (TPSA) is 41.5 Å². The molecule has 1 aromatic carbocycles. The van der Waals surface area contributed by atoms with Crippen molar-refractivity contribution in [2.24, 2.45) is 0 Å². The SMILES string of the molecule is CSC1CCCC1NCC(O)COc1ccc(Br)cc1. The summed E-state index contributed by atoms with van der Waals surface area (Å²) in [7, 11) is 0. The first kappa shape index (κ1) is 16.1. The molecule has 1 aromatic rings. The summed E-state index contributed by atoms with van der Waals surface area (Å²) in [4.78, 5) is 0. The summed E-state index contributed by atoms with van der Waals surface area (Å²) in [6.07, 6.45) is 5.48. The van der Waals surface area contributed by atoms with Gasteiger partial charge < -0.3 is 15.2 Å². The molecule has 1 aliphatic rings. The number of benzene rings is 1. The minimum Gasteiger partial charge on any atom is -0.491 e. The standard InChI is InChI=1S/C15H22BrNO2S/c1-20-15-4-2-3-14(15)17-9-12(18)10-19-13-7-5-11(16)6-8-13/h5-8,12,14-15,17-18H,2-4,9-10H2,1H3. The van der Waals surface area contributed by atoms with Crippen molar-refractivity contribution in [3.8, 4) is 5.75 Å². The highest BCUT2D eigenvalue weighted by atomic mass is 79.9. The Bertz CT molecular complexity index is 401. The number of halogens is 1. The first-order valence-corrected chi connectivity index (χ1v) is 9.09. The van der Waals surface area contributed by atoms with E-state index >= 15 is 0 Å². The van der Waals surface area contributed by atoms with E-state index in [0.717, 1.165) is 10.2 Å². The third kappa shape index (κ3) is 4.95. The van der Waals surface area contributed by atoms with Gasteiger partial charge in [0.05, 0.1) is 0 Å². The third-order valence-corrected chi connectivity index (χ3v) is 5.33. The van der Waals surface area contributed by atoms with E-state index in [0.29, 0.717) is 24.4 Å². The Hall–Kier alpha value is -0.230. The van der Waals surface area contributed by atoms with Crippen molar-refractivity contribution in [2.75, 3.05) is 19.4 Å². The van der Waals surface area contributed by atoms with E-state index in [1.54, 1.807) is 0 Å². The van der Waals surface area contributed by atoms with Crippen LogP contribution in [0.25, 0.3) is 0 Å². The molecule has 0 amide bonds. The van der Waals surface area contributed by atoms with Crippen LogP contribution in [0.3, 0.4) is 0 Å². The highest BCUT2D eigenvalue weighted by Gasteiger charge is 2.26. The number of hydrogen-bond acceptors (Lipinski definition) is 4. The normalized spacial score (nSPS) is 23.8. The molecular weight excluding hydrogens is 338 g/mol. The van der Waals surface area contributed by atoms with Gasteiger partial charge in [-0.1, -0.05) is 22.4 Å². The van der Waals surface area contributed by atoms with Gasteiger partial charge in [0.15, 0.2) is 0 Å². The second-order valence-corrected chi connectivity index (χ2v) is 7.13. The van der Waals surface area contributed by atoms with Crippen molar-refractivity contribution >= 4 is 27.7 Å². The molecule has 3 nitrogen and oxygen atoms in total. The fraction of sp³-hybridized carbons (Fsp3) is 0.600. The zero-order valence-corrected chi connectivity index (χ0v) is 14.1. The quantitative estimate of drug-likeness (QED) is 0.784. The van der Waals surface area contributed by atoms with Gasteiger partial charge in [-0.2, -0.15) is 11.8 Å². The van der Waals surface area contributed by atoms with Crippen LogP contribution < -0.4 is 10.1 Å². The third-order valence-electron chi connectivity index (χ3n) is 3.63. The van der Waals surface area contributed by atoms with Crippen LogP contribution in [-0.2, 0) is 0 Å². The zero-order valence-electron chi connectivity index (χ0n) is 11.7. The van der Waals surface area contributed by atoms with E-state index in [1.807, 2.05) is 36.0 Å². The van der Waals surface area contributed by atoms with E-state index in [4.69, 9.17) is 4.74 Å². The van der Waals surface area contributed by atoms with Crippen molar-refractivity contribution in [3.05, 3.63) is 28.7 Å². The van der Waals surface area contributed by atoms with Crippen LogP contribution in [0.2, 0.25) is 0 Å². The van der Waals surface area contributed by atoms with Gasteiger partial charge >= 0.3 is 0 Å². The summed E-state index contributed by atoms with van der Waals surface area (Å²) in [6, 6.07) is 8.19. The zero-order chi connectivity index (χ0) is 14.4. The summed E-state index contributed by atoms with van der Waals surface area (Å²) >= 11 is 5.31. The van der Waals surface area contributed by atoms with E-state index in [1.165, 1.54) is 19.3 Å². The molecule has 3 unspecified atom stereocenters. The van der Waals surface area contributed by atoms with E-state index in [9.17, 15) is 5.11 Å². The lowest BCUT2D eigenvalue weighted by atomic mass is 10.2. The molecule has 0 saturated heterocycles. The monoisotopic (exact) mass is 359 g/mol. The van der Waals surface area contributed by atoms with E-state index < -0.39 is 6.10 Å². The second-order valence-electron chi connectivity index (χ2n) is 5.14. The summed E-state index contributed by atoms with van der Waals surface area (Å²) in [5.74, 6) is 0.787. The summed E-state index contributed by atoms with van der Waals surface area (Å²) in [5, 5.41) is 14.1. The van der Waals surface area contributed by atoms with Crippen LogP contribution in [0.5, 0.6) is 5.75 Å². The van der Waals surface area contributed by atoms with Crippen molar-refractivity contribution in [3.63, 3.8) is 0 Å². The fourth-order valence-corrected chi connectivity index (χ4v) is 3.74. The number of nitrogens with one attached hydrogen (secondary N) is 1. The molecule has 20 heavy (non-hydrogen) atoms. The Balaban J connectivity index is 1.67. The summed E-state index contributed by atoms with van der Waals surface area (Å²) < 4.78 is 6.60. The average Bonchev–Trinajstić information content (AvgIpc) is 2.92. The Morgan fingerprint density at radius 3 is 2.85 bits per heavy atom. The van der Waals surface area contributed by atoms with Crippen molar-refractivity contribution in [2.45, 2.75) is 36.7 Å². The van der Waals surface area contributed by atoms with E-state index in [-0.39, 0.29) is 0 Å². The molecular formula is C15H22BrNO2S. The molecule has 0 heterocycles. The molecule has 3 atom stereocenters. The van der Waals surface area contributed by atoms with Crippen molar-refractivity contribution < 1.29 is 9.84 Å². The molecule has 2 rings (SSSR count). The Morgan fingerprint density at radius 2 is 2.15 bits per heavy atom. The minimum absolute atomic E-state index is 0.325. The number of hydrogen-bond donors (Lipinski definition) is 2. The Kier molecular flexibility index (Phi) is 6.68. The van der Waals surface area contributed by atoms with Gasteiger partial charge in [0, 0.05) is 22.3 Å². The van der Waals surface area contributed by atoms with Gasteiger partial charge in [0.1, 0.15) is 18.5 Å². The van der Waals surface area contributed by atoms with Gasteiger partial charge in [-0.3, -0.25) is 0 Å². The highest BCUT2D eigenvalue weighted by molar-refractivity contribution is 9.10. The van der Waals surface area contributed by atoms with Crippen LogP contribution in [-0.4, -0.2) is 41.9 Å². The van der Waals surface area contributed by atoms with Gasteiger partial charge in [-0.25, -0.2) is 0 Å². The second kappa shape index (κ2) is 8.27. The molecule has 0 aromatic heterocycles. The van der Waals surface area contributed by atoms with Gasteiger partial charge in [0.2, 0.25) is 0 Å². The molecule has 5 heteroatoms. The summed E-state index contributed by atoms with van der Waals surface area (Å²) in [6.45, 7) is 0.920. The molecule has 0 bridgehead atoms. The first-order valence-electron chi connectivity index (χ1n) is 7.01. The lowest BCUT2D eigenvalue weighted by molar-refractivity contribution is 0.104. The van der Waals surface area contributed by atoms with Crippen molar-refractivity contribution in [1.29, 1.82) is 0 Å². The maximum absolute atomic E-state index is 9.98. The van der Waals surface area contributed by atoms with Gasteiger partial charge in [-0.05, 0) is 43.4 Å². The molecule has 1 saturated carbocycles. The number of aliphatic hydroxyl groups excluding tert-OH is 1. The molecule has 0 aliphatic heterocycles. The van der Waals surface area contributed by atoms with E-state index in [2.05, 4.69) is 27.5 Å². The molecule has 1 aliphatic carbocycles. The lowest BCUT2D eigenvalue weighted by Gasteiger charge is -2.21. The molecule has 2 N–H and O–H groups in total. The van der Waals surface area contributed by atoms with Crippen LogP contribution in [0, 0.1) is 0 Å². The average molecular weight is 360 g/mol. The first-order chi connectivity index (χ1) is 9.69. The number of thioether (sulfide) groups is 1. The Morgan fingerprint density at radius 1 is 1.40 bits per heavy atom. The smallest absolute Gasteiger partial charge is 0.119 e. The van der Waals surface area contributed by atoms with Crippen molar-refractivity contribution in [1.82, 2.24) is 5.32 Å². The molecule has 0 spiro atoms. The number of aliphatic hydroxyl groups is 1. The van der Waals surface area contributed by atoms with Gasteiger partial charge in [-0.15, -0.1) is 0 Å². The number of ether oxygens (including phenoxy) is 1. The maximum Gasteiger partial charge on any atom is 0.119 e. The maximum atomic E-state index is 9.98. The predicted octanol–water partition coefficient (Wildman–Crippen LogP) is 3.06. The predicted molar refractivity (Wildman–Crippen MR) is 88.6 cm³/mol. The van der Waals surface area contributed by atoms with Crippen LogP contribution in [0.1, 0.15) is 19.3 Å². The lowest BCUT2D eigenvalue weighted by Crippen LogP contribution is -2.40. The van der Waals surface area contributed by atoms with Crippen LogP contribution in [0.15, 0.2) is 28.7 Å². The summed E-state index contributed by atoms with van der Waals surface area (Å²) in [5.41, 5.74) is 0. The fourth-order valence-electron chi connectivity index (χ4n) is 2.51. The number of rotatable bonds is 7. The Labute approximate surface area is 133 Å². The highest BCUT2D eigenvalue weighted by Crippen LogP contribution is 2.28. The minimum atomic E-state index is -0.471. The largest absolute Gasteiger partial charge is 0.491 e. The van der Waals surface area contributed by atoms with Gasteiger partial charge in [0.25, 0.3) is 0 Å². The van der Waals surface area contributed by atoms with Crippen LogP contribution in [0.4, 0.5) is 0 Å². The molecule has 1 fully saturated rings. The molecule has 0 radical (unpaired) electrons. The molecule has 112 valence electrons. The van der Waals surface area contributed by atoms with Crippen LogP contribution >= 0.6 is 27.7 Å².